The van der Waals surface area contributed by atoms with Gasteiger partial charge in [0.15, 0.2) is 0 Å². The summed E-state index contributed by atoms with van der Waals surface area (Å²) in [7, 11) is 3.33. The van der Waals surface area contributed by atoms with E-state index in [9.17, 15) is 9.90 Å². The molecule has 0 fully saturated rings. The zero-order chi connectivity index (χ0) is 24.5. The maximum absolute atomic E-state index is 12.1. The van der Waals surface area contributed by atoms with Gasteiger partial charge in [-0.3, -0.25) is 4.79 Å². The highest BCUT2D eigenvalue weighted by Gasteiger charge is 2.23. The Morgan fingerprint density at radius 2 is 1.85 bits per heavy atom. The molecule has 5 N–H and O–H groups in total. The summed E-state index contributed by atoms with van der Waals surface area (Å²) in [5.41, 5.74) is 8.76. The van der Waals surface area contributed by atoms with Crippen LogP contribution in [0.1, 0.15) is 12.0 Å². The number of rotatable bonds is 11. The fourth-order valence-corrected chi connectivity index (χ4v) is 5.62. The lowest BCUT2D eigenvalue weighted by molar-refractivity contribution is -0.141. The molecule has 0 aliphatic carbocycles. The first-order chi connectivity index (χ1) is 16.4. The van der Waals surface area contributed by atoms with E-state index in [-0.39, 0.29) is 24.2 Å². The van der Waals surface area contributed by atoms with Gasteiger partial charge in [-0.25, -0.2) is 10.1 Å². The van der Waals surface area contributed by atoms with E-state index in [4.69, 9.17) is 16.3 Å². The van der Waals surface area contributed by atoms with Gasteiger partial charge in [0.1, 0.15) is 5.75 Å². The van der Waals surface area contributed by atoms with Crippen molar-refractivity contribution in [3.05, 3.63) is 84.2 Å². The number of hydrogen-bond acceptors (Lipinski definition) is 9. The molecule has 9 heteroatoms. The molecule has 0 amide bonds. The van der Waals surface area contributed by atoms with Crippen LogP contribution < -0.4 is 11.6 Å². The van der Waals surface area contributed by atoms with Crippen molar-refractivity contribution >= 4 is 29.3 Å². The van der Waals surface area contributed by atoms with Crippen LogP contribution in [0.2, 0.25) is 0 Å². The number of nitrogens with two attached hydrogens (primary N) is 2. The molecule has 0 saturated heterocycles. The molecule has 34 heavy (non-hydrogen) atoms. The topological polar surface area (TPSA) is 105 Å². The smallest absolute Gasteiger partial charge is 0.307 e. The fraction of sp³-hybridized carbons (Fsp3) is 0.240. The van der Waals surface area contributed by atoms with Crippen LogP contribution in [0, 0.1) is 0 Å². The van der Waals surface area contributed by atoms with E-state index >= 15 is 0 Å². The number of thiophene rings is 1. The zero-order valence-corrected chi connectivity index (χ0v) is 20.9. The molecule has 1 heterocycles. The van der Waals surface area contributed by atoms with E-state index in [2.05, 4.69) is 28.6 Å². The molecule has 2 aromatic carbocycles. The Hall–Kier alpha value is -2.98. The molecule has 3 aromatic rings. The van der Waals surface area contributed by atoms with Gasteiger partial charge in [0, 0.05) is 11.1 Å². The first kappa shape index (κ1) is 25.6. The largest absolute Gasteiger partial charge is 0.508 e. The van der Waals surface area contributed by atoms with Crippen LogP contribution in [-0.2, 0) is 16.0 Å². The van der Waals surface area contributed by atoms with Gasteiger partial charge in [0.25, 0.3) is 0 Å². The first-order valence-corrected chi connectivity index (χ1v) is 12.3. The van der Waals surface area contributed by atoms with Gasteiger partial charge < -0.3 is 20.6 Å². The fourth-order valence-electron chi connectivity index (χ4n) is 3.44. The predicted molar refractivity (Wildman–Crippen MR) is 139 cm³/mol. The molecule has 7 nitrogen and oxygen atoms in total. The molecule has 1 aromatic heterocycles. The second-order valence-corrected chi connectivity index (χ2v) is 10.3. The second kappa shape index (κ2) is 12.5. The minimum Gasteiger partial charge on any atom is -0.508 e. The molecule has 180 valence electrons. The van der Waals surface area contributed by atoms with Crippen molar-refractivity contribution in [1.82, 2.24) is 9.31 Å². The van der Waals surface area contributed by atoms with Gasteiger partial charge in [-0.05, 0) is 60.8 Å². The SMILES string of the molecule is COC(=O)C[C@H](Cc1ccc(O)cc1)N(N)/C(=C\N)CN(C)Sc1ccc(-c2ccccc2)s1. The minimum atomic E-state index is -0.364. The van der Waals surface area contributed by atoms with Gasteiger partial charge in [-0.2, -0.15) is 0 Å². The van der Waals surface area contributed by atoms with Crippen molar-refractivity contribution in [3.63, 3.8) is 0 Å². The summed E-state index contributed by atoms with van der Waals surface area (Å²) in [5.74, 6) is 6.30. The van der Waals surface area contributed by atoms with Crippen molar-refractivity contribution in [2.75, 3.05) is 20.7 Å². The van der Waals surface area contributed by atoms with Crippen LogP contribution in [-0.4, -0.2) is 47.1 Å². The molecule has 0 spiro atoms. The second-order valence-electron chi connectivity index (χ2n) is 7.73. The Kier molecular flexibility index (Phi) is 9.41. The highest BCUT2D eigenvalue weighted by Crippen LogP contribution is 2.35. The van der Waals surface area contributed by atoms with Crippen LogP contribution in [0.25, 0.3) is 10.4 Å². The number of nitrogens with zero attached hydrogens (tertiary/aromatic N) is 2. The van der Waals surface area contributed by atoms with Gasteiger partial charge in [-0.15, -0.1) is 11.3 Å². The highest BCUT2D eigenvalue weighted by atomic mass is 32.2. The lowest BCUT2D eigenvalue weighted by Crippen LogP contribution is -2.45. The molecule has 0 radical (unpaired) electrons. The Morgan fingerprint density at radius 3 is 2.50 bits per heavy atom. The lowest BCUT2D eigenvalue weighted by atomic mass is 10.0. The van der Waals surface area contributed by atoms with Gasteiger partial charge in [0.2, 0.25) is 0 Å². The lowest BCUT2D eigenvalue weighted by Gasteiger charge is -2.32. The number of benzene rings is 2. The van der Waals surface area contributed by atoms with Crippen LogP contribution in [0.4, 0.5) is 0 Å². The molecule has 0 aliphatic heterocycles. The maximum atomic E-state index is 12.1. The van der Waals surface area contributed by atoms with E-state index in [1.165, 1.54) is 23.8 Å². The number of esters is 1. The molecule has 0 aliphatic rings. The van der Waals surface area contributed by atoms with Gasteiger partial charge >= 0.3 is 5.97 Å². The average Bonchev–Trinajstić information content (AvgIpc) is 3.31. The highest BCUT2D eigenvalue weighted by molar-refractivity contribution is 7.99. The van der Waals surface area contributed by atoms with E-state index in [1.807, 2.05) is 37.4 Å². The number of phenolic OH excluding ortho intramolecular Hbond substituents is 1. The zero-order valence-electron chi connectivity index (χ0n) is 19.3. The number of aromatic hydroxyl groups is 1. The number of likely N-dealkylation sites (N-methyl/N-ethyl adjacent to an activating group) is 1. The predicted octanol–water partition coefficient (Wildman–Crippen LogP) is 4.21. The number of carbonyl (C=O) groups is 1. The number of ether oxygens (including phenoxy) is 1. The Balaban J connectivity index is 1.66. The Labute approximate surface area is 208 Å². The van der Waals surface area contributed by atoms with E-state index in [1.54, 1.807) is 40.4 Å². The number of phenols is 1. The Morgan fingerprint density at radius 1 is 1.15 bits per heavy atom. The van der Waals surface area contributed by atoms with Crippen molar-refractivity contribution in [2.24, 2.45) is 11.6 Å². The van der Waals surface area contributed by atoms with Crippen LogP contribution in [0.15, 0.2) is 82.8 Å². The summed E-state index contributed by atoms with van der Waals surface area (Å²) < 4.78 is 8.07. The van der Waals surface area contributed by atoms with Crippen LogP contribution in [0.5, 0.6) is 5.75 Å². The van der Waals surface area contributed by atoms with Crippen molar-refractivity contribution in [3.8, 4) is 16.2 Å². The number of hydrazine groups is 1. The molecule has 0 bridgehead atoms. The van der Waals surface area contributed by atoms with Crippen LogP contribution in [0.3, 0.4) is 0 Å². The molecule has 0 unspecified atom stereocenters. The first-order valence-electron chi connectivity index (χ1n) is 10.7. The molecule has 0 saturated carbocycles. The van der Waals surface area contributed by atoms with Crippen LogP contribution >= 0.6 is 23.3 Å². The summed E-state index contributed by atoms with van der Waals surface area (Å²) >= 11 is 3.33. The standard InChI is InChI=1S/C25H30N4O3S2/c1-28(34-25-13-12-23(33-25)19-6-4-3-5-7-19)17-21(16-26)29(27)20(15-24(31)32-2)14-18-8-10-22(30)11-9-18/h3-13,16,20,30H,14-15,17,26-27H2,1-2H3/b21-16-/t20-/m0/s1. The van der Waals surface area contributed by atoms with E-state index < -0.39 is 0 Å². The van der Waals surface area contributed by atoms with Gasteiger partial charge in [-0.1, -0.05) is 42.5 Å². The quantitative estimate of drug-likeness (QED) is 0.156. The molecule has 3 rings (SSSR count). The summed E-state index contributed by atoms with van der Waals surface area (Å²) in [6.07, 6.45) is 2.07. The third-order valence-electron chi connectivity index (χ3n) is 5.23. The summed E-state index contributed by atoms with van der Waals surface area (Å²) in [5, 5.41) is 11.1. The van der Waals surface area contributed by atoms with E-state index in [0.717, 1.165) is 9.77 Å². The number of hydrogen-bond donors (Lipinski definition) is 3. The average molecular weight is 499 g/mol. The van der Waals surface area contributed by atoms with Crippen molar-refractivity contribution in [1.29, 1.82) is 0 Å². The Bertz CT molecular complexity index is 1090. The summed E-state index contributed by atoms with van der Waals surface area (Å²) in [4.78, 5) is 13.3. The summed E-state index contributed by atoms with van der Waals surface area (Å²) in [6, 6.07) is 21.0. The third-order valence-corrected chi connectivity index (χ3v) is 7.38. The van der Waals surface area contributed by atoms with Gasteiger partial charge in [0.05, 0.1) is 36.0 Å². The normalized spacial score (nSPS) is 12.5. The molecule has 1 atom stereocenters. The van der Waals surface area contributed by atoms with Crippen molar-refractivity contribution in [2.45, 2.75) is 23.1 Å². The van der Waals surface area contributed by atoms with Crippen molar-refractivity contribution < 1.29 is 14.6 Å². The third kappa shape index (κ3) is 7.26. The number of methoxy groups -OCH3 is 1. The number of carbonyl (C=O) groups excluding carboxylic acids is 1. The minimum absolute atomic E-state index is 0.105. The summed E-state index contributed by atoms with van der Waals surface area (Å²) in [6.45, 7) is 0.476. The maximum Gasteiger partial charge on any atom is 0.307 e. The van der Waals surface area contributed by atoms with E-state index in [0.29, 0.717) is 18.7 Å². The molecular weight excluding hydrogens is 468 g/mol. The monoisotopic (exact) mass is 498 g/mol. The molecular formula is C25H30N4O3S2.